The minimum absolute atomic E-state index is 0.0553. The first-order chi connectivity index (χ1) is 11.9. The molecule has 25 heavy (non-hydrogen) atoms. The van der Waals surface area contributed by atoms with Gasteiger partial charge in [0.05, 0.1) is 17.2 Å². The molecule has 130 valence electrons. The van der Waals surface area contributed by atoms with Crippen LogP contribution in [0.15, 0.2) is 63.9 Å². The van der Waals surface area contributed by atoms with Crippen molar-refractivity contribution in [3.05, 3.63) is 66.1 Å². The van der Waals surface area contributed by atoms with Gasteiger partial charge in [-0.25, -0.2) is 18.5 Å². The van der Waals surface area contributed by atoms with Gasteiger partial charge in [-0.2, -0.15) is 0 Å². The first kappa shape index (κ1) is 17.2. The molecule has 0 bridgehead atoms. The van der Waals surface area contributed by atoms with Crippen molar-refractivity contribution in [1.29, 1.82) is 0 Å². The van der Waals surface area contributed by atoms with E-state index in [4.69, 9.17) is 14.3 Å². The lowest BCUT2D eigenvalue weighted by atomic mass is 10.2. The Kier molecular flexibility index (Phi) is 4.87. The van der Waals surface area contributed by atoms with Gasteiger partial charge in [0.1, 0.15) is 11.5 Å². The van der Waals surface area contributed by atoms with Crippen LogP contribution in [0.1, 0.15) is 11.5 Å². The molecule has 0 radical (unpaired) electrons. The number of aryl methyl sites for hydroxylation is 1. The fraction of sp³-hybridized carbons (Fsp3) is 0.167. The summed E-state index contributed by atoms with van der Waals surface area (Å²) in [4.78, 5) is 4.57. The van der Waals surface area contributed by atoms with Crippen molar-refractivity contribution in [2.45, 2.75) is 18.2 Å². The number of oxazole rings is 1. The zero-order valence-electron chi connectivity index (χ0n) is 13.7. The van der Waals surface area contributed by atoms with Crippen molar-refractivity contribution in [3.63, 3.8) is 0 Å². The molecule has 0 atom stereocenters. The first-order valence-corrected chi connectivity index (χ1v) is 9.25. The summed E-state index contributed by atoms with van der Waals surface area (Å²) in [5.74, 6) is 1.91. The Morgan fingerprint density at radius 3 is 2.40 bits per heavy atom. The SMILES string of the molecule is Cc1oc(-c2ccccc2)nc1CCOc1ccc(S(N)(=O)=O)cc1. The lowest BCUT2D eigenvalue weighted by Crippen LogP contribution is -2.11. The maximum Gasteiger partial charge on any atom is 0.238 e. The number of nitrogens with two attached hydrogens (primary N) is 1. The van der Waals surface area contributed by atoms with Crippen LogP contribution in [0.2, 0.25) is 0 Å². The van der Waals surface area contributed by atoms with Crippen molar-refractivity contribution in [2.24, 2.45) is 5.14 Å². The van der Waals surface area contributed by atoms with E-state index < -0.39 is 10.0 Å². The standard InChI is InChI=1S/C18H18N2O4S/c1-13-17(20-18(24-13)14-5-3-2-4-6-14)11-12-23-15-7-9-16(10-8-15)25(19,21)22/h2-10H,11-12H2,1H3,(H2,19,21,22). The number of benzene rings is 2. The van der Waals surface area contributed by atoms with E-state index in [0.717, 1.165) is 17.0 Å². The quantitative estimate of drug-likeness (QED) is 0.731. The van der Waals surface area contributed by atoms with E-state index in [2.05, 4.69) is 4.98 Å². The van der Waals surface area contributed by atoms with Crippen molar-refractivity contribution < 1.29 is 17.6 Å². The predicted molar refractivity (Wildman–Crippen MR) is 93.7 cm³/mol. The Morgan fingerprint density at radius 2 is 1.76 bits per heavy atom. The number of hydrogen-bond acceptors (Lipinski definition) is 5. The lowest BCUT2D eigenvalue weighted by molar-refractivity contribution is 0.319. The molecular weight excluding hydrogens is 340 g/mol. The molecule has 2 aromatic carbocycles. The summed E-state index contributed by atoms with van der Waals surface area (Å²) in [7, 11) is -3.69. The van der Waals surface area contributed by atoms with E-state index in [1.54, 1.807) is 12.1 Å². The molecular formula is C18H18N2O4S. The fourth-order valence-electron chi connectivity index (χ4n) is 2.36. The minimum atomic E-state index is -3.69. The summed E-state index contributed by atoms with van der Waals surface area (Å²) in [6, 6.07) is 15.7. The molecule has 3 rings (SSSR count). The molecule has 0 aliphatic carbocycles. The molecule has 0 saturated carbocycles. The molecule has 0 aliphatic rings. The van der Waals surface area contributed by atoms with Gasteiger partial charge in [0.15, 0.2) is 0 Å². The predicted octanol–water partition coefficient (Wildman–Crippen LogP) is 2.92. The molecule has 0 aliphatic heterocycles. The van der Waals surface area contributed by atoms with E-state index in [1.807, 2.05) is 37.3 Å². The molecule has 0 saturated heterocycles. The highest BCUT2D eigenvalue weighted by Crippen LogP contribution is 2.22. The average molecular weight is 358 g/mol. The average Bonchev–Trinajstić information content (AvgIpc) is 2.96. The van der Waals surface area contributed by atoms with Gasteiger partial charge >= 0.3 is 0 Å². The molecule has 0 spiro atoms. The zero-order valence-corrected chi connectivity index (χ0v) is 14.5. The molecule has 1 heterocycles. The third kappa shape index (κ3) is 4.26. The second-order valence-electron chi connectivity index (χ2n) is 5.50. The van der Waals surface area contributed by atoms with Crippen molar-refractivity contribution in [1.82, 2.24) is 4.98 Å². The van der Waals surface area contributed by atoms with Gasteiger partial charge in [0.25, 0.3) is 0 Å². The lowest BCUT2D eigenvalue weighted by Gasteiger charge is -2.05. The van der Waals surface area contributed by atoms with Crippen LogP contribution in [-0.2, 0) is 16.4 Å². The Hall–Kier alpha value is -2.64. The van der Waals surface area contributed by atoms with Crippen LogP contribution in [-0.4, -0.2) is 20.0 Å². The highest BCUT2D eigenvalue weighted by Gasteiger charge is 2.11. The Morgan fingerprint density at radius 1 is 1.08 bits per heavy atom. The summed E-state index contributed by atoms with van der Waals surface area (Å²) in [5, 5.41) is 5.06. The Balaban J connectivity index is 1.62. The van der Waals surface area contributed by atoms with E-state index in [0.29, 0.717) is 24.7 Å². The van der Waals surface area contributed by atoms with Crippen LogP contribution < -0.4 is 9.88 Å². The van der Waals surface area contributed by atoms with E-state index in [9.17, 15) is 8.42 Å². The third-order valence-electron chi connectivity index (χ3n) is 3.67. The van der Waals surface area contributed by atoms with Gasteiger partial charge in [-0.05, 0) is 43.3 Å². The topological polar surface area (TPSA) is 95.4 Å². The molecule has 1 aromatic heterocycles. The van der Waals surface area contributed by atoms with Crippen LogP contribution in [0.4, 0.5) is 0 Å². The van der Waals surface area contributed by atoms with Crippen molar-refractivity contribution in [2.75, 3.05) is 6.61 Å². The number of sulfonamides is 1. The number of primary sulfonamides is 1. The van der Waals surface area contributed by atoms with Crippen LogP contribution in [0.5, 0.6) is 5.75 Å². The normalized spacial score (nSPS) is 11.4. The van der Waals surface area contributed by atoms with Gasteiger partial charge in [-0.3, -0.25) is 0 Å². The summed E-state index contributed by atoms with van der Waals surface area (Å²) in [6.07, 6.45) is 0.582. The monoisotopic (exact) mass is 358 g/mol. The first-order valence-electron chi connectivity index (χ1n) is 7.71. The molecule has 2 N–H and O–H groups in total. The summed E-state index contributed by atoms with van der Waals surface area (Å²) in [6.45, 7) is 2.27. The van der Waals surface area contributed by atoms with E-state index >= 15 is 0 Å². The van der Waals surface area contributed by atoms with Gasteiger partial charge in [0, 0.05) is 12.0 Å². The second-order valence-corrected chi connectivity index (χ2v) is 7.06. The molecule has 0 unspecified atom stereocenters. The maximum absolute atomic E-state index is 11.2. The molecule has 0 fully saturated rings. The van der Waals surface area contributed by atoms with Gasteiger partial charge in [-0.15, -0.1) is 0 Å². The number of hydrogen-bond donors (Lipinski definition) is 1. The number of ether oxygens (including phenoxy) is 1. The zero-order chi connectivity index (χ0) is 17.9. The van der Waals surface area contributed by atoms with Crippen LogP contribution in [0.25, 0.3) is 11.5 Å². The Bertz CT molecular complexity index is 949. The van der Waals surface area contributed by atoms with Gasteiger partial charge in [0.2, 0.25) is 15.9 Å². The van der Waals surface area contributed by atoms with Gasteiger partial charge < -0.3 is 9.15 Å². The van der Waals surface area contributed by atoms with Crippen molar-refractivity contribution in [3.8, 4) is 17.2 Å². The second kappa shape index (κ2) is 7.08. The number of aromatic nitrogens is 1. The van der Waals surface area contributed by atoms with Crippen LogP contribution in [0, 0.1) is 6.92 Å². The molecule has 3 aromatic rings. The number of nitrogens with zero attached hydrogens (tertiary/aromatic N) is 1. The fourth-order valence-corrected chi connectivity index (χ4v) is 2.87. The van der Waals surface area contributed by atoms with Crippen LogP contribution >= 0.6 is 0 Å². The minimum Gasteiger partial charge on any atom is -0.493 e. The number of rotatable bonds is 6. The van der Waals surface area contributed by atoms with E-state index in [1.165, 1.54) is 12.1 Å². The largest absolute Gasteiger partial charge is 0.493 e. The smallest absolute Gasteiger partial charge is 0.238 e. The van der Waals surface area contributed by atoms with E-state index in [-0.39, 0.29) is 4.90 Å². The third-order valence-corrected chi connectivity index (χ3v) is 4.60. The summed E-state index contributed by atoms with van der Waals surface area (Å²) >= 11 is 0. The molecule has 7 heteroatoms. The van der Waals surface area contributed by atoms with Crippen molar-refractivity contribution >= 4 is 10.0 Å². The van der Waals surface area contributed by atoms with Crippen LogP contribution in [0.3, 0.4) is 0 Å². The summed E-state index contributed by atoms with van der Waals surface area (Å²) < 4.78 is 33.8. The molecule has 6 nitrogen and oxygen atoms in total. The maximum atomic E-state index is 11.2. The summed E-state index contributed by atoms with van der Waals surface area (Å²) in [5.41, 5.74) is 1.76. The van der Waals surface area contributed by atoms with Gasteiger partial charge in [-0.1, -0.05) is 18.2 Å². The highest BCUT2D eigenvalue weighted by molar-refractivity contribution is 7.89. The molecule has 0 amide bonds. The highest BCUT2D eigenvalue weighted by atomic mass is 32.2. The Labute approximate surface area is 146 Å².